The Kier molecular flexibility index (Phi) is 10.9. The Hall–Kier alpha value is -2.43. The molecule has 5 nitrogen and oxygen atoms in total. The van der Waals surface area contributed by atoms with Gasteiger partial charge in [-0.05, 0) is 31.4 Å². The fourth-order valence-corrected chi connectivity index (χ4v) is 3.30. The van der Waals surface area contributed by atoms with Crippen molar-refractivity contribution in [2.75, 3.05) is 13.2 Å². The average molecular weight is 417 g/mol. The van der Waals surface area contributed by atoms with Crippen molar-refractivity contribution in [2.24, 2.45) is 0 Å². The second-order valence-corrected chi connectivity index (χ2v) is 7.57. The quantitative estimate of drug-likeness (QED) is 0.197. The van der Waals surface area contributed by atoms with Gasteiger partial charge in [0.15, 0.2) is 5.75 Å². The Labute approximate surface area is 179 Å². The van der Waals surface area contributed by atoms with Crippen LogP contribution in [0.4, 0.5) is 0 Å². The van der Waals surface area contributed by atoms with E-state index in [-0.39, 0.29) is 11.5 Å². The lowest BCUT2D eigenvalue weighted by atomic mass is 10.1. The van der Waals surface area contributed by atoms with Gasteiger partial charge in [-0.15, -0.1) is 0 Å². The molecule has 1 N–H and O–H groups in total. The average Bonchev–Trinajstić information content (AvgIpc) is 2.74. The normalized spacial score (nSPS) is 11.4. The van der Waals surface area contributed by atoms with Crippen LogP contribution in [0.1, 0.15) is 78.1 Å². The molecule has 0 fully saturated rings. The van der Waals surface area contributed by atoms with E-state index in [0.29, 0.717) is 29.9 Å². The van der Waals surface area contributed by atoms with Crippen molar-refractivity contribution >= 4 is 11.0 Å². The highest BCUT2D eigenvalue weighted by atomic mass is 16.5. The van der Waals surface area contributed by atoms with E-state index in [1.54, 1.807) is 18.2 Å². The summed E-state index contributed by atoms with van der Waals surface area (Å²) in [6, 6.07) is 5.07. The summed E-state index contributed by atoms with van der Waals surface area (Å²) < 4.78 is 16.6. The maximum Gasteiger partial charge on any atom is 0.383 e. The largest absolute Gasteiger partial charge is 0.504 e. The predicted molar refractivity (Wildman–Crippen MR) is 122 cm³/mol. The monoisotopic (exact) mass is 416 g/mol. The van der Waals surface area contributed by atoms with E-state index in [1.807, 2.05) is 0 Å². The lowest BCUT2D eigenvalue weighted by molar-refractivity contribution is 0.275. The number of hydrogen-bond acceptors (Lipinski definition) is 5. The second kappa shape index (κ2) is 13.7. The number of unbranched alkanes of at least 4 members (excludes halogenated alkanes) is 7. The lowest BCUT2D eigenvalue weighted by Gasteiger charge is -2.10. The summed E-state index contributed by atoms with van der Waals surface area (Å²) >= 11 is 0. The van der Waals surface area contributed by atoms with Crippen LogP contribution in [0.2, 0.25) is 0 Å². The summed E-state index contributed by atoms with van der Waals surface area (Å²) in [6.07, 6.45) is 15.5. The van der Waals surface area contributed by atoms with E-state index in [2.05, 4.69) is 26.0 Å². The zero-order valence-electron chi connectivity index (χ0n) is 18.5. The van der Waals surface area contributed by atoms with Crippen molar-refractivity contribution in [1.82, 2.24) is 0 Å². The molecule has 166 valence electrons. The third-order valence-corrected chi connectivity index (χ3v) is 5.01. The van der Waals surface area contributed by atoms with E-state index < -0.39 is 5.63 Å². The first-order chi connectivity index (χ1) is 14.7. The van der Waals surface area contributed by atoms with Gasteiger partial charge in [-0.2, -0.15) is 0 Å². The Morgan fingerprint density at radius 1 is 0.933 bits per heavy atom. The molecule has 2 rings (SSSR count). The van der Waals surface area contributed by atoms with Crippen LogP contribution >= 0.6 is 0 Å². The minimum atomic E-state index is -0.664. The number of hydrogen-bond donors (Lipinski definition) is 1. The van der Waals surface area contributed by atoms with Gasteiger partial charge in [0.05, 0.1) is 18.6 Å². The molecular weight excluding hydrogens is 380 g/mol. The minimum absolute atomic E-state index is 0.108. The molecule has 0 saturated carbocycles. The van der Waals surface area contributed by atoms with Crippen molar-refractivity contribution in [3.8, 4) is 17.2 Å². The fourth-order valence-electron chi connectivity index (χ4n) is 3.30. The number of ether oxygens (including phenoxy) is 2. The molecule has 1 heterocycles. The zero-order chi connectivity index (χ0) is 21.6. The van der Waals surface area contributed by atoms with Crippen LogP contribution in [0.15, 0.2) is 39.6 Å². The van der Waals surface area contributed by atoms with E-state index in [0.717, 1.165) is 25.7 Å². The highest BCUT2D eigenvalue weighted by Crippen LogP contribution is 2.33. The van der Waals surface area contributed by atoms with Gasteiger partial charge in [-0.3, -0.25) is 0 Å². The molecule has 0 amide bonds. The highest BCUT2D eigenvalue weighted by Gasteiger charge is 2.16. The van der Waals surface area contributed by atoms with Gasteiger partial charge < -0.3 is 19.0 Å². The molecule has 0 aliphatic carbocycles. The van der Waals surface area contributed by atoms with E-state index in [1.165, 1.54) is 38.5 Å². The molecule has 2 aromatic rings. The first kappa shape index (κ1) is 23.8. The molecule has 1 aromatic carbocycles. The minimum Gasteiger partial charge on any atom is -0.504 e. The van der Waals surface area contributed by atoms with Crippen LogP contribution in [0, 0.1) is 0 Å². The van der Waals surface area contributed by atoms with Crippen LogP contribution < -0.4 is 15.1 Å². The van der Waals surface area contributed by atoms with Crippen LogP contribution in [-0.2, 0) is 0 Å². The number of rotatable bonds is 15. The van der Waals surface area contributed by atoms with Gasteiger partial charge in [0.25, 0.3) is 0 Å². The molecule has 0 aliphatic rings. The first-order valence-electron chi connectivity index (χ1n) is 11.4. The molecule has 0 spiro atoms. The van der Waals surface area contributed by atoms with Gasteiger partial charge in [0.2, 0.25) is 5.75 Å². The van der Waals surface area contributed by atoms with Crippen molar-refractivity contribution in [1.29, 1.82) is 0 Å². The zero-order valence-corrected chi connectivity index (χ0v) is 18.5. The summed E-state index contributed by atoms with van der Waals surface area (Å²) in [6.45, 7) is 5.24. The maximum atomic E-state index is 12.3. The van der Waals surface area contributed by atoms with Crippen molar-refractivity contribution in [3.05, 3.63) is 40.8 Å². The summed E-state index contributed by atoms with van der Waals surface area (Å²) in [7, 11) is 0. The Bertz CT molecular complexity index is 837. The fraction of sp³-hybridized carbons (Fsp3) is 0.560. The van der Waals surface area contributed by atoms with Gasteiger partial charge in [0.1, 0.15) is 11.3 Å². The molecular formula is C25H36O5. The number of fused-ring (bicyclic) bond motifs is 1. The van der Waals surface area contributed by atoms with Gasteiger partial charge in [-0.25, -0.2) is 4.79 Å². The molecule has 0 radical (unpaired) electrons. The van der Waals surface area contributed by atoms with Crippen molar-refractivity contribution in [2.45, 2.75) is 78.1 Å². The summed E-state index contributed by atoms with van der Waals surface area (Å²) in [4.78, 5) is 12.3. The first-order valence-corrected chi connectivity index (χ1v) is 11.4. The molecule has 0 aliphatic heterocycles. The van der Waals surface area contributed by atoms with Crippen LogP contribution in [0.25, 0.3) is 11.0 Å². The Balaban J connectivity index is 1.86. The predicted octanol–water partition coefficient (Wildman–Crippen LogP) is 6.75. The third-order valence-electron chi connectivity index (χ3n) is 5.01. The van der Waals surface area contributed by atoms with Crippen LogP contribution in [0.3, 0.4) is 0 Å². The molecule has 1 aromatic heterocycles. The maximum absolute atomic E-state index is 12.3. The molecule has 5 heteroatoms. The van der Waals surface area contributed by atoms with E-state index in [4.69, 9.17) is 13.9 Å². The topological polar surface area (TPSA) is 68.9 Å². The van der Waals surface area contributed by atoms with E-state index in [9.17, 15) is 9.90 Å². The molecule has 0 atom stereocenters. The Morgan fingerprint density at radius 3 is 2.40 bits per heavy atom. The highest BCUT2D eigenvalue weighted by molar-refractivity contribution is 5.86. The van der Waals surface area contributed by atoms with Gasteiger partial charge >= 0.3 is 5.63 Å². The van der Waals surface area contributed by atoms with Crippen molar-refractivity contribution < 1.29 is 19.0 Å². The summed E-state index contributed by atoms with van der Waals surface area (Å²) in [5.74, 6) is 0.324. The second-order valence-electron chi connectivity index (χ2n) is 7.57. The summed E-state index contributed by atoms with van der Waals surface area (Å²) in [5, 5.41) is 10.9. The molecule has 0 unspecified atom stereocenters. The number of aromatic hydroxyl groups is 1. The van der Waals surface area contributed by atoms with Gasteiger partial charge in [0, 0.05) is 6.07 Å². The van der Waals surface area contributed by atoms with E-state index >= 15 is 0 Å². The van der Waals surface area contributed by atoms with Gasteiger partial charge in [-0.1, -0.05) is 70.9 Å². The van der Waals surface area contributed by atoms with Crippen molar-refractivity contribution in [3.63, 3.8) is 0 Å². The molecule has 0 bridgehead atoms. The molecule has 30 heavy (non-hydrogen) atoms. The summed E-state index contributed by atoms with van der Waals surface area (Å²) in [5.41, 5.74) is -0.374. The lowest BCUT2D eigenvalue weighted by Crippen LogP contribution is -2.08. The smallest absolute Gasteiger partial charge is 0.383 e. The number of benzene rings is 1. The third kappa shape index (κ3) is 7.77. The van der Waals surface area contributed by atoms with Crippen LogP contribution in [-0.4, -0.2) is 18.3 Å². The SMILES string of the molecule is CC/C=C/CCOc1ccc2c(O)c(OCCCCCCCCCC)c(=O)oc2c1. The van der Waals surface area contributed by atoms with Crippen LogP contribution in [0.5, 0.6) is 17.2 Å². The molecule has 0 saturated heterocycles. The number of allylic oxidation sites excluding steroid dienone is 1. The standard InChI is InChI=1S/C25H36O5/c1-3-5-7-9-10-11-12-14-18-29-24-23(26)21-16-15-20(19-22(21)30-25(24)27)28-17-13-8-6-4-2/h6,8,15-16,19,26H,3-5,7,9-14,17-18H2,1-2H3/b8-6+. The Morgan fingerprint density at radius 2 is 1.67 bits per heavy atom.